The van der Waals surface area contributed by atoms with E-state index in [1.54, 1.807) is 16.4 Å². The van der Waals surface area contributed by atoms with Crippen LogP contribution in [0.25, 0.3) is 0 Å². The molecule has 0 amide bonds. The molecule has 1 aliphatic heterocycles. The molecule has 1 atom stereocenters. The van der Waals surface area contributed by atoms with Gasteiger partial charge in [0.05, 0.1) is 4.90 Å². The van der Waals surface area contributed by atoms with Gasteiger partial charge in [-0.15, -0.1) is 18.2 Å². The van der Waals surface area contributed by atoms with E-state index in [0.29, 0.717) is 23.9 Å². The van der Waals surface area contributed by atoms with Gasteiger partial charge < -0.3 is 0 Å². The highest BCUT2D eigenvalue weighted by Crippen LogP contribution is 2.51. The van der Waals surface area contributed by atoms with Crippen LogP contribution in [0.4, 0.5) is 0 Å². The minimum absolute atomic E-state index is 0.181. The van der Waals surface area contributed by atoms with Gasteiger partial charge in [-0.1, -0.05) is 29.3 Å². The van der Waals surface area contributed by atoms with Crippen LogP contribution in [0.3, 0.4) is 0 Å². The lowest BCUT2D eigenvalue weighted by Gasteiger charge is -2.22. The van der Waals surface area contributed by atoms with Crippen molar-refractivity contribution in [3.05, 3.63) is 53.6 Å². The van der Waals surface area contributed by atoms with Gasteiger partial charge in [-0.25, -0.2) is 8.42 Å². The Hall–Kier alpha value is -1.10. The molecule has 24 heavy (non-hydrogen) atoms. The number of benzene rings is 1. The molecule has 3 rings (SSSR count). The summed E-state index contributed by atoms with van der Waals surface area (Å²) in [5.74, 6) is 0.642. The van der Waals surface area contributed by atoms with Crippen molar-refractivity contribution in [3.63, 3.8) is 0 Å². The fourth-order valence-corrected chi connectivity index (χ4v) is 5.50. The number of sulfonamides is 1. The standard InChI is InChI=1S/C19H24ClNO2S/c1-3-19-11-10-16(5-4-12-20)18(19)13-21(14-19)24(22,23)17-8-6-15(2)7-9-17/h3,6-9H,1,4-5,10-14H2,2H3/t19-/m0/s1. The zero-order valence-electron chi connectivity index (χ0n) is 14.1. The highest BCUT2D eigenvalue weighted by atomic mass is 35.5. The summed E-state index contributed by atoms with van der Waals surface area (Å²) >= 11 is 5.84. The van der Waals surface area contributed by atoms with Crippen LogP contribution < -0.4 is 0 Å². The first kappa shape index (κ1) is 17.7. The van der Waals surface area contributed by atoms with Gasteiger partial charge in [-0.3, -0.25) is 0 Å². The number of hydrogen-bond acceptors (Lipinski definition) is 2. The average Bonchev–Trinajstić information content (AvgIpc) is 3.10. The zero-order chi connectivity index (χ0) is 17.4. The van der Waals surface area contributed by atoms with E-state index in [2.05, 4.69) is 6.58 Å². The van der Waals surface area contributed by atoms with Gasteiger partial charge in [-0.2, -0.15) is 4.31 Å². The number of hydrogen-bond donors (Lipinski definition) is 0. The second-order valence-electron chi connectivity index (χ2n) is 6.82. The number of rotatable bonds is 6. The molecule has 1 aliphatic carbocycles. The lowest BCUT2D eigenvalue weighted by molar-refractivity contribution is 0.399. The molecule has 1 heterocycles. The third-order valence-corrected chi connectivity index (χ3v) is 7.43. The van der Waals surface area contributed by atoms with Gasteiger partial charge in [-0.05, 0) is 50.3 Å². The Bertz CT molecular complexity index is 767. The molecule has 5 heteroatoms. The highest BCUT2D eigenvalue weighted by molar-refractivity contribution is 7.89. The van der Waals surface area contributed by atoms with Crippen LogP contribution in [0, 0.1) is 12.3 Å². The van der Waals surface area contributed by atoms with Crippen LogP contribution in [0.2, 0.25) is 0 Å². The molecule has 0 unspecified atom stereocenters. The van der Waals surface area contributed by atoms with Gasteiger partial charge in [0.15, 0.2) is 0 Å². The Balaban J connectivity index is 1.92. The van der Waals surface area contributed by atoms with Crippen molar-refractivity contribution >= 4 is 21.6 Å². The Morgan fingerprint density at radius 3 is 2.67 bits per heavy atom. The lowest BCUT2D eigenvalue weighted by atomic mass is 9.84. The normalized spacial score (nSPS) is 24.4. The van der Waals surface area contributed by atoms with Crippen molar-refractivity contribution in [2.45, 2.75) is 37.5 Å². The first-order valence-corrected chi connectivity index (χ1v) is 10.4. The van der Waals surface area contributed by atoms with Gasteiger partial charge >= 0.3 is 0 Å². The monoisotopic (exact) mass is 365 g/mol. The van der Waals surface area contributed by atoms with E-state index >= 15 is 0 Å². The van der Waals surface area contributed by atoms with Gasteiger partial charge in [0, 0.05) is 24.4 Å². The molecule has 130 valence electrons. The van der Waals surface area contributed by atoms with E-state index in [4.69, 9.17) is 11.6 Å². The molecule has 1 aromatic rings. The molecule has 2 aliphatic rings. The Morgan fingerprint density at radius 2 is 2.04 bits per heavy atom. The summed E-state index contributed by atoms with van der Waals surface area (Å²) in [6.45, 7) is 6.96. The fourth-order valence-electron chi connectivity index (χ4n) is 3.89. The highest BCUT2D eigenvalue weighted by Gasteiger charge is 2.48. The fraction of sp³-hybridized carbons (Fsp3) is 0.474. The Morgan fingerprint density at radius 1 is 1.33 bits per heavy atom. The van der Waals surface area contributed by atoms with Crippen LogP contribution >= 0.6 is 11.6 Å². The van der Waals surface area contributed by atoms with Crippen molar-refractivity contribution < 1.29 is 8.42 Å². The second-order valence-corrected chi connectivity index (χ2v) is 9.14. The summed E-state index contributed by atoms with van der Waals surface area (Å²) < 4.78 is 27.6. The maximum Gasteiger partial charge on any atom is 0.243 e. The zero-order valence-corrected chi connectivity index (χ0v) is 15.7. The molecule has 1 fully saturated rings. The number of fused-ring (bicyclic) bond motifs is 1. The Labute approximate surface area is 150 Å². The minimum Gasteiger partial charge on any atom is -0.207 e. The maximum absolute atomic E-state index is 13.0. The number of allylic oxidation sites excluding steroid dienone is 1. The van der Waals surface area contributed by atoms with Crippen molar-refractivity contribution in [1.82, 2.24) is 4.31 Å². The smallest absolute Gasteiger partial charge is 0.207 e. The van der Waals surface area contributed by atoms with Crippen LogP contribution in [-0.2, 0) is 10.0 Å². The molecule has 0 aromatic heterocycles. The van der Waals surface area contributed by atoms with E-state index in [-0.39, 0.29) is 5.41 Å². The van der Waals surface area contributed by atoms with Gasteiger partial charge in [0.1, 0.15) is 0 Å². The third kappa shape index (κ3) is 2.96. The van der Waals surface area contributed by atoms with Crippen LogP contribution in [0.1, 0.15) is 31.2 Å². The molecule has 1 aromatic carbocycles. The first-order valence-electron chi connectivity index (χ1n) is 8.41. The maximum atomic E-state index is 13.0. The SMILES string of the molecule is C=C[C@@]12CCC(CCCCl)=C1CN(S(=O)(=O)c1ccc(C)cc1)C2. The van der Waals surface area contributed by atoms with Crippen LogP contribution in [0.5, 0.6) is 0 Å². The third-order valence-electron chi connectivity index (χ3n) is 5.36. The molecule has 3 nitrogen and oxygen atoms in total. The summed E-state index contributed by atoms with van der Waals surface area (Å²) in [4.78, 5) is 0.371. The quantitative estimate of drug-likeness (QED) is 0.557. The Kier molecular flexibility index (Phi) is 4.92. The molecule has 0 radical (unpaired) electrons. The van der Waals surface area contributed by atoms with Crippen molar-refractivity contribution in [3.8, 4) is 0 Å². The van der Waals surface area contributed by atoms with E-state index in [1.807, 2.05) is 25.1 Å². The predicted octanol–water partition coefficient (Wildman–Crippen LogP) is 4.28. The number of nitrogens with zero attached hydrogens (tertiary/aromatic N) is 1. The summed E-state index contributed by atoms with van der Waals surface area (Å²) in [5.41, 5.74) is 3.52. The second kappa shape index (κ2) is 6.66. The predicted molar refractivity (Wildman–Crippen MR) is 98.8 cm³/mol. The van der Waals surface area contributed by atoms with Gasteiger partial charge in [0.2, 0.25) is 10.0 Å². The van der Waals surface area contributed by atoms with Gasteiger partial charge in [0.25, 0.3) is 0 Å². The topological polar surface area (TPSA) is 37.4 Å². The largest absolute Gasteiger partial charge is 0.243 e. The molecule has 0 bridgehead atoms. The first-order chi connectivity index (χ1) is 11.4. The lowest BCUT2D eigenvalue weighted by Crippen LogP contribution is -2.31. The average molecular weight is 366 g/mol. The summed E-state index contributed by atoms with van der Waals surface area (Å²) in [6.07, 6.45) is 5.87. The van der Waals surface area contributed by atoms with Crippen LogP contribution in [0.15, 0.2) is 53.0 Å². The number of halogens is 1. The summed E-state index contributed by atoms with van der Waals surface area (Å²) in [7, 11) is -3.46. The van der Waals surface area contributed by atoms with E-state index in [9.17, 15) is 8.42 Å². The van der Waals surface area contributed by atoms with Crippen LogP contribution in [-0.4, -0.2) is 31.7 Å². The minimum atomic E-state index is -3.46. The van der Waals surface area contributed by atoms with E-state index in [0.717, 1.165) is 31.2 Å². The molecular weight excluding hydrogens is 342 g/mol. The molecule has 0 N–H and O–H groups in total. The summed E-state index contributed by atoms with van der Waals surface area (Å²) in [5, 5.41) is 0. The molecule has 0 saturated carbocycles. The van der Waals surface area contributed by atoms with Crippen molar-refractivity contribution in [2.24, 2.45) is 5.41 Å². The number of alkyl halides is 1. The molecular formula is C19H24ClNO2S. The van der Waals surface area contributed by atoms with E-state index in [1.165, 1.54) is 11.1 Å². The van der Waals surface area contributed by atoms with E-state index < -0.39 is 10.0 Å². The molecule has 1 saturated heterocycles. The van der Waals surface area contributed by atoms with Crippen molar-refractivity contribution in [1.29, 1.82) is 0 Å². The van der Waals surface area contributed by atoms with Crippen molar-refractivity contribution in [2.75, 3.05) is 19.0 Å². The summed E-state index contributed by atoms with van der Waals surface area (Å²) in [6, 6.07) is 7.08. The number of aryl methyl sites for hydroxylation is 1. The molecule has 0 spiro atoms.